The molecule has 0 aliphatic carbocycles. The molecule has 1 unspecified atom stereocenters. The van der Waals surface area contributed by atoms with Gasteiger partial charge in [0.2, 0.25) is 10.0 Å². The Hall–Kier alpha value is -1.07. The van der Waals surface area contributed by atoms with E-state index in [-0.39, 0.29) is 24.7 Å². The van der Waals surface area contributed by atoms with Crippen LogP contribution < -0.4 is 0 Å². The Balaban J connectivity index is 2.35. The van der Waals surface area contributed by atoms with Gasteiger partial charge in [0.25, 0.3) is 0 Å². The van der Waals surface area contributed by atoms with Crippen molar-refractivity contribution in [1.29, 1.82) is 0 Å². The number of nitrogens with zero attached hydrogens (tertiary/aromatic N) is 1. The summed E-state index contributed by atoms with van der Waals surface area (Å²) in [7, 11) is -8.78. The third kappa shape index (κ3) is 3.40. The van der Waals surface area contributed by atoms with Gasteiger partial charge < -0.3 is 9.84 Å². The number of sulfonamides is 1. The van der Waals surface area contributed by atoms with E-state index in [1.165, 1.54) is 0 Å². The van der Waals surface area contributed by atoms with E-state index in [1.54, 1.807) is 0 Å². The van der Waals surface area contributed by atoms with Crippen molar-refractivity contribution in [2.45, 2.75) is 15.8 Å². The number of aliphatic hydroxyl groups excluding tert-OH is 1. The van der Waals surface area contributed by atoms with Gasteiger partial charge in [-0.25, -0.2) is 8.42 Å². The predicted octanol–water partition coefficient (Wildman–Crippen LogP) is -0.273. The summed E-state index contributed by atoms with van der Waals surface area (Å²) in [6.45, 7) is -0.0355. The van der Waals surface area contributed by atoms with E-state index in [1.807, 2.05) is 0 Å². The summed E-state index contributed by atoms with van der Waals surface area (Å²) < 4.78 is 65.3. The molecule has 7 nitrogen and oxygen atoms in total. The lowest BCUT2D eigenvalue weighted by Crippen LogP contribution is -2.50. The van der Waals surface area contributed by atoms with Gasteiger partial charge in [0.1, 0.15) is 0 Å². The molecule has 1 atom stereocenters. The average molecular weight is 339 g/mol. The number of halogens is 1. The zero-order valence-corrected chi connectivity index (χ0v) is 12.5. The highest BCUT2D eigenvalue weighted by Gasteiger charge is 2.33. The van der Waals surface area contributed by atoms with Crippen molar-refractivity contribution in [2.24, 2.45) is 0 Å². The first-order valence-corrected chi connectivity index (χ1v) is 8.84. The summed E-state index contributed by atoms with van der Waals surface area (Å²) in [6.07, 6.45) is 0. The molecule has 0 bridgehead atoms. The number of benzene rings is 1. The number of morpholine rings is 1. The molecule has 0 spiro atoms. The van der Waals surface area contributed by atoms with Crippen LogP contribution in [0.25, 0.3) is 0 Å². The van der Waals surface area contributed by atoms with Crippen molar-refractivity contribution >= 4 is 20.2 Å². The summed E-state index contributed by atoms with van der Waals surface area (Å²) in [5, 5.41) is 9.21. The van der Waals surface area contributed by atoms with Crippen LogP contribution in [0.4, 0.5) is 3.89 Å². The van der Waals surface area contributed by atoms with Gasteiger partial charge in [0.15, 0.2) is 0 Å². The van der Waals surface area contributed by atoms with Crippen molar-refractivity contribution in [3.63, 3.8) is 0 Å². The lowest BCUT2D eigenvalue weighted by Gasteiger charge is -2.33. The average Bonchev–Trinajstić information content (AvgIpc) is 2.46. The SMILES string of the molecule is O=S(=O)(F)c1ccc(S(=O)(=O)N2CCOCC2CO)cc1. The summed E-state index contributed by atoms with van der Waals surface area (Å²) in [5.41, 5.74) is 0. The molecule has 1 aromatic carbocycles. The van der Waals surface area contributed by atoms with Gasteiger partial charge >= 0.3 is 10.2 Å². The van der Waals surface area contributed by atoms with Crippen LogP contribution >= 0.6 is 0 Å². The van der Waals surface area contributed by atoms with Gasteiger partial charge in [0.05, 0.1) is 35.7 Å². The minimum absolute atomic E-state index is 0.0761. The maximum Gasteiger partial charge on any atom is 0.332 e. The largest absolute Gasteiger partial charge is 0.395 e. The van der Waals surface area contributed by atoms with Gasteiger partial charge in [-0.05, 0) is 24.3 Å². The molecule has 0 amide bonds. The smallest absolute Gasteiger partial charge is 0.332 e. The second kappa shape index (κ2) is 5.97. The molecule has 1 heterocycles. The summed E-state index contributed by atoms with van der Waals surface area (Å²) in [4.78, 5) is -0.780. The van der Waals surface area contributed by atoms with Crippen LogP contribution in [0, 0.1) is 0 Å². The number of hydrogen-bond donors (Lipinski definition) is 1. The monoisotopic (exact) mass is 339 g/mol. The molecular weight excluding hydrogens is 325 g/mol. The van der Waals surface area contributed by atoms with Gasteiger partial charge in [0, 0.05) is 6.54 Å². The lowest BCUT2D eigenvalue weighted by atomic mass is 10.3. The quantitative estimate of drug-likeness (QED) is 0.758. The first-order valence-electron chi connectivity index (χ1n) is 6.02. The molecule has 1 fully saturated rings. The van der Waals surface area contributed by atoms with Crippen molar-refractivity contribution in [2.75, 3.05) is 26.4 Å². The molecular formula is C11H14FNO6S2. The summed E-state index contributed by atoms with van der Waals surface area (Å²) in [6, 6.07) is 3.11. The Bertz CT molecular complexity index is 701. The van der Waals surface area contributed by atoms with Crippen LogP contribution in [0.3, 0.4) is 0 Å². The van der Waals surface area contributed by atoms with Crippen LogP contribution in [0.2, 0.25) is 0 Å². The topological polar surface area (TPSA) is 101 Å². The molecule has 10 heteroatoms. The van der Waals surface area contributed by atoms with Crippen molar-refractivity contribution in [3.05, 3.63) is 24.3 Å². The number of hydrogen-bond acceptors (Lipinski definition) is 6. The van der Waals surface area contributed by atoms with E-state index >= 15 is 0 Å². The summed E-state index contributed by atoms with van der Waals surface area (Å²) >= 11 is 0. The Labute approximate surface area is 122 Å². The third-order valence-electron chi connectivity index (χ3n) is 3.10. The normalized spacial score (nSPS) is 21.3. The van der Waals surface area contributed by atoms with E-state index in [4.69, 9.17) is 4.74 Å². The highest BCUT2D eigenvalue weighted by Crippen LogP contribution is 2.22. The fourth-order valence-corrected chi connectivity index (χ4v) is 4.06. The minimum atomic E-state index is -4.87. The highest BCUT2D eigenvalue weighted by atomic mass is 32.3. The third-order valence-corrected chi connectivity index (χ3v) is 5.90. The first-order chi connectivity index (χ1) is 9.76. The van der Waals surface area contributed by atoms with Gasteiger partial charge in [-0.1, -0.05) is 0 Å². The minimum Gasteiger partial charge on any atom is -0.395 e. The van der Waals surface area contributed by atoms with Crippen LogP contribution in [0.5, 0.6) is 0 Å². The molecule has 1 saturated heterocycles. The van der Waals surface area contributed by atoms with E-state index in [0.717, 1.165) is 28.6 Å². The Morgan fingerprint density at radius 1 is 1.19 bits per heavy atom. The molecule has 1 aliphatic heterocycles. The molecule has 1 aromatic rings. The van der Waals surface area contributed by atoms with Gasteiger partial charge in [-0.2, -0.15) is 12.7 Å². The highest BCUT2D eigenvalue weighted by molar-refractivity contribution is 7.89. The van der Waals surface area contributed by atoms with Gasteiger partial charge in [-0.15, -0.1) is 3.89 Å². The predicted molar refractivity (Wildman–Crippen MR) is 70.3 cm³/mol. The molecule has 0 radical (unpaired) electrons. The van der Waals surface area contributed by atoms with E-state index in [0.29, 0.717) is 0 Å². The van der Waals surface area contributed by atoms with E-state index in [2.05, 4.69) is 0 Å². The fourth-order valence-electron chi connectivity index (χ4n) is 2.01. The van der Waals surface area contributed by atoms with Crippen molar-refractivity contribution in [1.82, 2.24) is 4.31 Å². The van der Waals surface area contributed by atoms with Crippen LogP contribution in [-0.4, -0.2) is 58.7 Å². The molecule has 1 aliphatic rings. The lowest BCUT2D eigenvalue weighted by molar-refractivity contribution is 0.0109. The molecule has 2 rings (SSSR count). The Kier molecular flexibility index (Phi) is 4.63. The second-order valence-electron chi connectivity index (χ2n) is 4.44. The maximum absolute atomic E-state index is 12.8. The maximum atomic E-state index is 12.8. The standard InChI is InChI=1S/C11H14FNO6S2/c12-20(15,16)10-1-3-11(4-2-10)21(17,18)13-5-6-19-8-9(13)7-14/h1-4,9,14H,5-8H2. The zero-order chi connectivity index (χ0) is 15.7. The first kappa shape index (κ1) is 16.3. The van der Waals surface area contributed by atoms with Crippen LogP contribution in [0.1, 0.15) is 0 Å². The zero-order valence-electron chi connectivity index (χ0n) is 10.8. The molecule has 0 aromatic heterocycles. The Morgan fingerprint density at radius 2 is 1.76 bits per heavy atom. The Morgan fingerprint density at radius 3 is 2.29 bits per heavy atom. The van der Waals surface area contributed by atoms with E-state index < -0.39 is 37.8 Å². The second-order valence-corrected chi connectivity index (χ2v) is 7.67. The number of rotatable bonds is 4. The fraction of sp³-hybridized carbons (Fsp3) is 0.455. The van der Waals surface area contributed by atoms with E-state index in [9.17, 15) is 25.8 Å². The van der Waals surface area contributed by atoms with Gasteiger partial charge in [-0.3, -0.25) is 0 Å². The molecule has 21 heavy (non-hydrogen) atoms. The van der Waals surface area contributed by atoms with Crippen molar-refractivity contribution < 1.29 is 30.6 Å². The number of aliphatic hydroxyl groups is 1. The van der Waals surface area contributed by atoms with Crippen LogP contribution in [0.15, 0.2) is 34.1 Å². The van der Waals surface area contributed by atoms with Crippen molar-refractivity contribution in [3.8, 4) is 0 Å². The molecule has 118 valence electrons. The summed E-state index contributed by atoms with van der Waals surface area (Å²) in [5.74, 6) is 0. The number of ether oxygens (including phenoxy) is 1. The van der Waals surface area contributed by atoms with Crippen LogP contribution in [-0.2, 0) is 25.0 Å². The molecule has 0 saturated carbocycles. The molecule has 1 N–H and O–H groups in total.